The van der Waals surface area contributed by atoms with Gasteiger partial charge in [-0.15, -0.1) is 0 Å². The van der Waals surface area contributed by atoms with Crippen molar-refractivity contribution in [3.05, 3.63) is 107 Å². The van der Waals surface area contributed by atoms with E-state index in [9.17, 15) is 9.59 Å². The van der Waals surface area contributed by atoms with E-state index in [4.69, 9.17) is 4.42 Å². The molecule has 0 radical (unpaired) electrons. The average Bonchev–Trinajstić information content (AvgIpc) is 3.76. The molecule has 4 N–H and O–H groups in total. The van der Waals surface area contributed by atoms with Crippen LogP contribution < -0.4 is 16.2 Å². The topological polar surface area (TPSA) is 147 Å². The Morgan fingerprint density at radius 1 is 1.05 bits per heavy atom. The second kappa shape index (κ2) is 10.4. The van der Waals surface area contributed by atoms with E-state index in [0.717, 1.165) is 44.1 Å². The molecule has 5 heterocycles. The van der Waals surface area contributed by atoms with Crippen molar-refractivity contribution in [1.29, 1.82) is 0 Å². The summed E-state index contributed by atoms with van der Waals surface area (Å²) in [6.07, 6.45) is 8.16. The fourth-order valence-electron chi connectivity index (χ4n) is 5.19. The van der Waals surface area contributed by atoms with Crippen LogP contribution in [0.5, 0.6) is 0 Å². The number of hydrogen-bond donors (Lipinski definition) is 4. The number of aromatic nitrogens is 6. The van der Waals surface area contributed by atoms with Crippen molar-refractivity contribution in [3.63, 3.8) is 0 Å². The van der Waals surface area contributed by atoms with Gasteiger partial charge in [0.15, 0.2) is 0 Å². The van der Waals surface area contributed by atoms with Crippen LogP contribution in [0.3, 0.4) is 0 Å². The normalized spacial score (nSPS) is 12.2. The SMILES string of the molecule is C[C@@H](Nc1cnc(-c2cn[nH]c2)n(CC(=O)NCc2cc3cnccc3[nH]2)c1=O)c1ccc2oc3ccccc3c2c1. The van der Waals surface area contributed by atoms with Gasteiger partial charge in [-0.25, -0.2) is 4.98 Å². The van der Waals surface area contributed by atoms with Crippen molar-refractivity contribution in [1.82, 2.24) is 35.0 Å². The van der Waals surface area contributed by atoms with E-state index in [-0.39, 0.29) is 36.3 Å². The maximum absolute atomic E-state index is 13.7. The third kappa shape index (κ3) is 4.66. The lowest BCUT2D eigenvalue weighted by atomic mass is 10.0. The van der Waals surface area contributed by atoms with Gasteiger partial charge in [0, 0.05) is 52.0 Å². The number of H-pyrrole nitrogens is 2. The van der Waals surface area contributed by atoms with Gasteiger partial charge in [0.1, 0.15) is 29.2 Å². The van der Waals surface area contributed by atoms with Crippen LogP contribution in [0.2, 0.25) is 0 Å². The summed E-state index contributed by atoms with van der Waals surface area (Å²) in [6.45, 7) is 2.03. The Morgan fingerprint density at radius 3 is 2.79 bits per heavy atom. The van der Waals surface area contributed by atoms with Crippen molar-refractivity contribution in [2.45, 2.75) is 26.1 Å². The minimum absolute atomic E-state index is 0.217. The maximum atomic E-state index is 13.7. The van der Waals surface area contributed by atoms with Gasteiger partial charge in [0.05, 0.1) is 24.5 Å². The Hall–Kier alpha value is -5.71. The van der Waals surface area contributed by atoms with Crippen molar-refractivity contribution in [2.75, 3.05) is 5.32 Å². The fraction of sp³-hybridized carbons (Fsp3) is 0.129. The van der Waals surface area contributed by atoms with Crippen molar-refractivity contribution in [2.24, 2.45) is 0 Å². The van der Waals surface area contributed by atoms with Gasteiger partial charge >= 0.3 is 0 Å². The number of fused-ring (bicyclic) bond motifs is 4. The first-order valence-electron chi connectivity index (χ1n) is 13.5. The lowest BCUT2D eigenvalue weighted by Gasteiger charge is -2.18. The van der Waals surface area contributed by atoms with E-state index in [2.05, 4.69) is 41.8 Å². The summed E-state index contributed by atoms with van der Waals surface area (Å²) in [5.74, 6) is 0.00740. The number of carbonyl (C=O) groups is 1. The number of furan rings is 1. The van der Waals surface area contributed by atoms with E-state index in [1.165, 1.54) is 10.8 Å². The van der Waals surface area contributed by atoms with E-state index >= 15 is 0 Å². The number of amides is 1. The lowest BCUT2D eigenvalue weighted by Crippen LogP contribution is -2.34. The summed E-state index contributed by atoms with van der Waals surface area (Å²) in [5.41, 5.74) is 4.88. The molecule has 0 bridgehead atoms. The van der Waals surface area contributed by atoms with E-state index in [1.807, 2.05) is 55.5 Å². The smallest absolute Gasteiger partial charge is 0.277 e. The van der Waals surface area contributed by atoms with Crippen LogP contribution in [-0.4, -0.2) is 35.6 Å². The molecule has 0 spiro atoms. The Labute approximate surface area is 238 Å². The molecule has 0 unspecified atom stereocenters. The molecule has 1 atom stereocenters. The monoisotopic (exact) mass is 558 g/mol. The fourth-order valence-corrected chi connectivity index (χ4v) is 5.19. The maximum Gasteiger partial charge on any atom is 0.277 e. The Morgan fingerprint density at radius 2 is 1.93 bits per heavy atom. The van der Waals surface area contributed by atoms with Crippen molar-refractivity contribution in [3.8, 4) is 11.4 Å². The molecule has 208 valence electrons. The van der Waals surface area contributed by atoms with E-state index in [1.54, 1.807) is 24.8 Å². The van der Waals surface area contributed by atoms with E-state index < -0.39 is 0 Å². The highest BCUT2D eigenvalue weighted by atomic mass is 16.3. The molecule has 7 aromatic rings. The molecule has 0 aliphatic rings. The summed E-state index contributed by atoms with van der Waals surface area (Å²) in [5, 5.41) is 15.9. The number of benzene rings is 2. The number of nitrogens with one attached hydrogen (secondary N) is 4. The summed E-state index contributed by atoms with van der Waals surface area (Å²) in [7, 11) is 0. The first kappa shape index (κ1) is 25.3. The van der Waals surface area contributed by atoms with Gasteiger partial charge in [-0.1, -0.05) is 24.3 Å². The molecular formula is C31H26N8O3. The summed E-state index contributed by atoms with van der Waals surface area (Å²) >= 11 is 0. The standard InChI is InChI=1S/C31H26N8O3/c1-18(19-6-7-28-24(11-19)23-4-2-3-5-27(23)42-28)37-26-16-34-30(21-13-35-36-14-21)39(31(26)41)17-29(40)33-15-22-10-20-12-32-9-8-25(20)38-22/h2-14,16,18,37-38H,15,17H2,1H3,(H,33,40)(H,35,36)/t18-/m1/s1. The lowest BCUT2D eigenvalue weighted by molar-refractivity contribution is -0.121. The zero-order valence-electron chi connectivity index (χ0n) is 22.6. The summed E-state index contributed by atoms with van der Waals surface area (Å²) in [4.78, 5) is 38.7. The third-order valence-corrected chi connectivity index (χ3v) is 7.33. The predicted octanol–water partition coefficient (Wildman–Crippen LogP) is 4.90. The molecule has 42 heavy (non-hydrogen) atoms. The Bertz CT molecular complexity index is 2090. The molecule has 2 aromatic carbocycles. The molecule has 0 aliphatic heterocycles. The molecule has 7 rings (SSSR count). The molecule has 0 saturated heterocycles. The molecule has 1 amide bonds. The first-order chi connectivity index (χ1) is 20.5. The van der Waals surface area contributed by atoms with Crippen molar-refractivity contribution >= 4 is 44.4 Å². The van der Waals surface area contributed by atoms with Crippen LogP contribution in [0.25, 0.3) is 44.2 Å². The highest BCUT2D eigenvalue weighted by molar-refractivity contribution is 6.05. The van der Waals surface area contributed by atoms with Crippen LogP contribution in [0.4, 0.5) is 5.69 Å². The second-order valence-corrected chi connectivity index (χ2v) is 10.1. The molecule has 0 saturated carbocycles. The molecule has 11 nitrogen and oxygen atoms in total. The molecular weight excluding hydrogens is 532 g/mol. The van der Waals surface area contributed by atoms with Crippen LogP contribution in [0.15, 0.2) is 94.8 Å². The summed E-state index contributed by atoms with van der Waals surface area (Å²) < 4.78 is 7.31. The van der Waals surface area contributed by atoms with Crippen LogP contribution >= 0.6 is 0 Å². The molecule has 5 aromatic heterocycles. The number of para-hydroxylation sites is 1. The van der Waals surface area contributed by atoms with Crippen LogP contribution in [0, 0.1) is 0 Å². The number of carbonyl (C=O) groups excluding carboxylic acids is 1. The zero-order valence-corrected chi connectivity index (χ0v) is 22.6. The quantitative estimate of drug-likeness (QED) is 0.207. The Balaban J connectivity index is 1.15. The number of pyridine rings is 1. The van der Waals surface area contributed by atoms with Crippen molar-refractivity contribution < 1.29 is 9.21 Å². The number of aromatic amines is 2. The zero-order chi connectivity index (χ0) is 28.6. The minimum Gasteiger partial charge on any atom is -0.456 e. The molecule has 11 heteroatoms. The largest absolute Gasteiger partial charge is 0.456 e. The predicted molar refractivity (Wildman–Crippen MR) is 160 cm³/mol. The van der Waals surface area contributed by atoms with Gasteiger partial charge in [-0.3, -0.25) is 24.2 Å². The highest BCUT2D eigenvalue weighted by Crippen LogP contribution is 2.31. The average molecular weight is 559 g/mol. The second-order valence-electron chi connectivity index (χ2n) is 10.1. The highest BCUT2D eigenvalue weighted by Gasteiger charge is 2.18. The van der Waals surface area contributed by atoms with Gasteiger partial charge in [0.2, 0.25) is 5.91 Å². The first-order valence-corrected chi connectivity index (χ1v) is 13.5. The van der Waals surface area contributed by atoms with Gasteiger partial charge in [0.25, 0.3) is 5.56 Å². The van der Waals surface area contributed by atoms with Crippen LogP contribution in [0.1, 0.15) is 24.2 Å². The third-order valence-electron chi connectivity index (χ3n) is 7.33. The summed E-state index contributed by atoms with van der Waals surface area (Å²) in [6, 6.07) is 17.5. The van der Waals surface area contributed by atoms with Gasteiger partial charge < -0.3 is 20.0 Å². The number of nitrogens with zero attached hydrogens (tertiary/aromatic N) is 4. The van der Waals surface area contributed by atoms with Crippen LogP contribution in [-0.2, 0) is 17.9 Å². The van der Waals surface area contributed by atoms with E-state index in [0.29, 0.717) is 11.4 Å². The Kier molecular flexibility index (Phi) is 6.23. The van der Waals surface area contributed by atoms with Gasteiger partial charge in [-0.2, -0.15) is 5.10 Å². The minimum atomic E-state index is -0.366. The number of anilines is 1. The molecule has 0 aliphatic carbocycles. The van der Waals surface area contributed by atoms with Gasteiger partial charge in [-0.05, 0) is 42.8 Å². The number of rotatable bonds is 8. The number of hydrogen-bond acceptors (Lipinski definition) is 7. The molecule has 0 fully saturated rings.